The molecule has 9 nitrogen and oxygen atoms in total. The van der Waals surface area contributed by atoms with E-state index in [0.29, 0.717) is 40.7 Å². The molecule has 1 aromatic heterocycles. The first-order chi connectivity index (χ1) is 16.9. The molecule has 0 spiro atoms. The number of rotatable bonds is 8. The third kappa shape index (κ3) is 4.32. The van der Waals surface area contributed by atoms with Crippen LogP contribution in [0.5, 0.6) is 17.2 Å². The molecule has 1 amide bonds. The van der Waals surface area contributed by atoms with Crippen molar-refractivity contribution >= 4 is 23.3 Å². The highest BCUT2D eigenvalue weighted by molar-refractivity contribution is 6.51. The molecule has 2 heterocycles. The van der Waals surface area contributed by atoms with Crippen molar-refractivity contribution in [1.82, 2.24) is 5.16 Å². The maximum atomic E-state index is 13.3. The van der Waals surface area contributed by atoms with Crippen molar-refractivity contribution in [2.24, 2.45) is 0 Å². The van der Waals surface area contributed by atoms with E-state index in [2.05, 4.69) is 5.16 Å². The third-order valence-corrected chi connectivity index (χ3v) is 5.64. The van der Waals surface area contributed by atoms with Gasteiger partial charge in [-0.1, -0.05) is 24.2 Å². The van der Waals surface area contributed by atoms with E-state index in [1.165, 1.54) is 19.1 Å². The minimum atomic E-state index is -1.04. The van der Waals surface area contributed by atoms with Crippen molar-refractivity contribution in [3.63, 3.8) is 0 Å². The average molecular weight is 479 g/mol. The summed E-state index contributed by atoms with van der Waals surface area (Å²) < 4.78 is 21.8. The highest BCUT2D eigenvalue weighted by Gasteiger charge is 2.49. The van der Waals surface area contributed by atoms with E-state index < -0.39 is 17.7 Å². The maximum absolute atomic E-state index is 13.3. The second kappa shape index (κ2) is 9.92. The summed E-state index contributed by atoms with van der Waals surface area (Å²) in [7, 11) is 2.95. The summed E-state index contributed by atoms with van der Waals surface area (Å²) in [5.74, 6) is -0.0775. The Morgan fingerprint density at radius 3 is 2.46 bits per heavy atom. The molecule has 1 aliphatic heterocycles. The number of aliphatic hydroxyl groups excluding tert-OH is 1. The normalized spacial score (nSPS) is 17.0. The largest absolute Gasteiger partial charge is 0.507 e. The lowest BCUT2D eigenvalue weighted by Crippen LogP contribution is -2.30. The van der Waals surface area contributed by atoms with Gasteiger partial charge in [0, 0.05) is 17.2 Å². The van der Waals surface area contributed by atoms with Crippen molar-refractivity contribution in [2.75, 3.05) is 25.7 Å². The summed E-state index contributed by atoms with van der Waals surface area (Å²) in [6.07, 6.45) is 0.856. The van der Waals surface area contributed by atoms with Crippen LogP contribution in [0.1, 0.15) is 36.3 Å². The molecule has 0 saturated carbocycles. The van der Waals surface area contributed by atoms with Gasteiger partial charge in [0.1, 0.15) is 23.3 Å². The van der Waals surface area contributed by atoms with Crippen LogP contribution in [0.3, 0.4) is 0 Å². The smallest absolute Gasteiger partial charge is 0.301 e. The van der Waals surface area contributed by atoms with Crippen LogP contribution in [0.2, 0.25) is 0 Å². The fraction of sp³-hybridized carbons (Fsp3) is 0.269. The third-order valence-electron chi connectivity index (χ3n) is 5.64. The van der Waals surface area contributed by atoms with Crippen molar-refractivity contribution in [2.45, 2.75) is 26.3 Å². The van der Waals surface area contributed by atoms with E-state index >= 15 is 0 Å². The fourth-order valence-corrected chi connectivity index (χ4v) is 4.04. The lowest BCUT2D eigenvalue weighted by atomic mass is 9.94. The Balaban J connectivity index is 1.91. The van der Waals surface area contributed by atoms with Gasteiger partial charge in [-0.15, -0.1) is 0 Å². The van der Waals surface area contributed by atoms with Crippen LogP contribution in [0.15, 0.2) is 58.6 Å². The number of carbonyl (C=O) groups excluding carboxylic acids is 2. The average Bonchev–Trinajstić information content (AvgIpc) is 3.42. The number of ether oxygens (including phenoxy) is 3. The van der Waals surface area contributed by atoms with Crippen LogP contribution in [0.4, 0.5) is 5.82 Å². The molecule has 1 unspecified atom stereocenters. The fourth-order valence-electron chi connectivity index (χ4n) is 4.04. The molecule has 1 atom stereocenters. The van der Waals surface area contributed by atoms with Crippen LogP contribution in [-0.4, -0.2) is 42.8 Å². The van der Waals surface area contributed by atoms with Crippen LogP contribution in [-0.2, 0) is 9.59 Å². The molecule has 3 aromatic rings. The predicted molar refractivity (Wildman–Crippen MR) is 128 cm³/mol. The molecule has 182 valence electrons. The zero-order chi connectivity index (χ0) is 25.1. The van der Waals surface area contributed by atoms with Gasteiger partial charge in [0.05, 0.1) is 26.4 Å². The molecular formula is C26H26N2O7. The molecule has 0 radical (unpaired) electrons. The molecule has 4 rings (SSSR count). The van der Waals surface area contributed by atoms with Gasteiger partial charge < -0.3 is 23.8 Å². The summed E-state index contributed by atoms with van der Waals surface area (Å²) in [6.45, 7) is 4.24. The Bertz CT molecular complexity index is 1280. The number of aromatic nitrogens is 1. The van der Waals surface area contributed by atoms with Gasteiger partial charge in [0.15, 0.2) is 17.3 Å². The molecule has 1 saturated heterocycles. The number of amides is 1. The van der Waals surface area contributed by atoms with Gasteiger partial charge in [0.2, 0.25) is 0 Å². The Morgan fingerprint density at radius 1 is 1.11 bits per heavy atom. The first kappa shape index (κ1) is 23.9. The van der Waals surface area contributed by atoms with Gasteiger partial charge >= 0.3 is 5.91 Å². The lowest BCUT2D eigenvalue weighted by Gasteiger charge is -2.25. The summed E-state index contributed by atoms with van der Waals surface area (Å²) >= 11 is 0. The van der Waals surface area contributed by atoms with Crippen LogP contribution in [0, 0.1) is 6.92 Å². The van der Waals surface area contributed by atoms with Gasteiger partial charge in [-0.3, -0.25) is 14.5 Å². The number of para-hydroxylation sites is 1. The molecule has 2 aromatic carbocycles. The molecule has 0 aliphatic carbocycles. The summed E-state index contributed by atoms with van der Waals surface area (Å²) in [6, 6.07) is 12.3. The quantitative estimate of drug-likeness (QED) is 0.288. The molecule has 9 heteroatoms. The van der Waals surface area contributed by atoms with E-state index in [1.807, 2.05) is 6.92 Å². The molecule has 1 aliphatic rings. The van der Waals surface area contributed by atoms with E-state index in [9.17, 15) is 14.7 Å². The van der Waals surface area contributed by atoms with E-state index in [1.54, 1.807) is 55.5 Å². The van der Waals surface area contributed by atoms with E-state index in [0.717, 1.165) is 6.42 Å². The number of ketones is 1. The zero-order valence-electron chi connectivity index (χ0n) is 19.9. The summed E-state index contributed by atoms with van der Waals surface area (Å²) in [4.78, 5) is 27.7. The van der Waals surface area contributed by atoms with Crippen molar-refractivity contribution in [3.05, 3.63) is 71.0 Å². The maximum Gasteiger partial charge on any atom is 0.301 e. The number of benzene rings is 2. The van der Waals surface area contributed by atoms with Gasteiger partial charge in [0.25, 0.3) is 5.78 Å². The zero-order valence-corrected chi connectivity index (χ0v) is 19.9. The monoisotopic (exact) mass is 478 g/mol. The molecule has 1 N–H and O–H groups in total. The SMILES string of the molecule is CCCOc1ccc(/C(O)=C2\C(=O)C(=O)N(c3cc(C)on3)C2c2cccc(OC)c2OC)cc1. The molecule has 1 fully saturated rings. The lowest BCUT2D eigenvalue weighted by molar-refractivity contribution is -0.132. The molecular weight excluding hydrogens is 452 g/mol. The van der Waals surface area contributed by atoms with E-state index in [-0.39, 0.29) is 17.2 Å². The topological polar surface area (TPSA) is 111 Å². The number of aliphatic hydroxyl groups is 1. The Kier molecular flexibility index (Phi) is 6.77. The second-order valence-electron chi connectivity index (χ2n) is 7.92. The number of aryl methyl sites for hydroxylation is 1. The molecule has 0 bridgehead atoms. The van der Waals surface area contributed by atoms with Crippen molar-refractivity contribution < 1.29 is 33.4 Å². The number of hydrogen-bond donors (Lipinski definition) is 1. The minimum absolute atomic E-state index is 0.107. The number of hydrogen-bond acceptors (Lipinski definition) is 8. The Labute approximate surface area is 202 Å². The number of Topliss-reactive ketones (excluding diaryl/α,β-unsaturated/α-hetero) is 1. The number of carbonyl (C=O) groups is 2. The number of nitrogens with zero attached hydrogens (tertiary/aromatic N) is 2. The number of methoxy groups -OCH3 is 2. The van der Waals surface area contributed by atoms with Crippen LogP contribution >= 0.6 is 0 Å². The second-order valence-corrected chi connectivity index (χ2v) is 7.92. The Morgan fingerprint density at radius 2 is 1.86 bits per heavy atom. The first-order valence-electron chi connectivity index (χ1n) is 11.1. The Hall–Kier alpha value is -4.27. The predicted octanol–water partition coefficient (Wildman–Crippen LogP) is 4.42. The van der Waals surface area contributed by atoms with Gasteiger partial charge in [-0.2, -0.15) is 0 Å². The first-order valence-corrected chi connectivity index (χ1v) is 11.1. The molecule has 35 heavy (non-hydrogen) atoms. The number of anilines is 1. The van der Waals surface area contributed by atoms with Crippen LogP contribution < -0.4 is 19.1 Å². The van der Waals surface area contributed by atoms with E-state index in [4.69, 9.17) is 18.7 Å². The minimum Gasteiger partial charge on any atom is -0.507 e. The van der Waals surface area contributed by atoms with Gasteiger partial charge in [-0.05, 0) is 43.7 Å². The standard InChI is InChI=1S/C26H26N2O7/c1-5-13-34-17-11-9-16(10-12-17)23(29)21-22(18-7-6-8-19(32-3)25(18)33-4)28(26(31)24(21)30)20-14-15(2)35-27-20/h6-12,14,22,29H,5,13H2,1-4H3/b23-21+. The van der Waals surface area contributed by atoms with Crippen molar-refractivity contribution in [3.8, 4) is 17.2 Å². The summed E-state index contributed by atoms with van der Waals surface area (Å²) in [5, 5.41) is 15.2. The van der Waals surface area contributed by atoms with Crippen molar-refractivity contribution in [1.29, 1.82) is 0 Å². The summed E-state index contributed by atoms with van der Waals surface area (Å²) in [5.41, 5.74) is 0.690. The van der Waals surface area contributed by atoms with Crippen LogP contribution in [0.25, 0.3) is 5.76 Å². The highest BCUT2D eigenvalue weighted by Crippen LogP contribution is 2.47. The van der Waals surface area contributed by atoms with Gasteiger partial charge in [-0.25, -0.2) is 0 Å². The highest BCUT2D eigenvalue weighted by atomic mass is 16.5.